The fraction of sp³-hybridized carbons (Fsp3) is 0.765. The van der Waals surface area contributed by atoms with Gasteiger partial charge < -0.3 is 15.4 Å². The highest BCUT2D eigenvalue weighted by Gasteiger charge is 2.38. The van der Waals surface area contributed by atoms with Gasteiger partial charge in [0.1, 0.15) is 0 Å². The van der Waals surface area contributed by atoms with Gasteiger partial charge in [-0.1, -0.05) is 13.8 Å². The molecule has 22 heavy (non-hydrogen) atoms. The molecule has 5 heteroatoms. The van der Waals surface area contributed by atoms with Crippen LogP contribution in [0.2, 0.25) is 0 Å². The Kier molecular flexibility index (Phi) is 7.81. The first-order chi connectivity index (χ1) is 9.87. The van der Waals surface area contributed by atoms with Gasteiger partial charge in [-0.25, -0.2) is 0 Å². The number of amides is 2. The summed E-state index contributed by atoms with van der Waals surface area (Å²) in [7, 11) is 0. The lowest BCUT2D eigenvalue weighted by molar-refractivity contribution is -0.129. The molecule has 5 nitrogen and oxygen atoms in total. The normalized spacial score (nSPS) is 13.0. The van der Waals surface area contributed by atoms with E-state index in [-0.39, 0.29) is 35.0 Å². The van der Waals surface area contributed by atoms with E-state index in [9.17, 15) is 9.59 Å². The smallest absolute Gasteiger partial charge is 0.244 e. The van der Waals surface area contributed by atoms with Crippen LogP contribution in [-0.4, -0.2) is 36.1 Å². The lowest BCUT2D eigenvalue weighted by Crippen LogP contribution is -2.49. The molecule has 0 radical (unpaired) electrons. The summed E-state index contributed by atoms with van der Waals surface area (Å²) in [5, 5.41) is 5.52. The Balaban J connectivity index is 4.50. The summed E-state index contributed by atoms with van der Waals surface area (Å²) >= 11 is 0. The van der Waals surface area contributed by atoms with Gasteiger partial charge in [0.05, 0.1) is 11.7 Å². The zero-order valence-electron chi connectivity index (χ0n) is 15.2. The zero-order valence-corrected chi connectivity index (χ0v) is 15.2. The monoisotopic (exact) mass is 312 g/mol. The van der Waals surface area contributed by atoms with Crippen LogP contribution >= 0.6 is 0 Å². The number of ether oxygens (including phenoxy) is 1. The van der Waals surface area contributed by atoms with Gasteiger partial charge in [0.2, 0.25) is 11.8 Å². The number of hydrogen-bond donors (Lipinski definition) is 2. The van der Waals surface area contributed by atoms with Crippen LogP contribution < -0.4 is 10.6 Å². The molecule has 0 heterocycles. The molecule has 0 aromatic heterocycles. The number of hydrogen-bond acceptors (Lipinski definition) is 3. The molecule has 0 aliphatic heterocycles. The predicted molar refractivity (Wildman–Crippen MR) is 89.5 cm³/mol. The van der Waals surface area contributed by atoms with Gasteiger partial charge >= 0.3 is 0 Å². The first-order valence-corrected chi connectivity index (χ1v) is 7.81. The van der Waals surface area contributed by atoms with Gasteiger partial charge in [-0.3, -0.25) is 9.59 Å². The summed E-state index contributed by atoms with van der Waals surface area (Å²) < 4.78 is 5.94. The Morgan fingerprint density at radius 2 is 1.50 bits per heavy atom. The van der Waals surface area contributed by atoms with Gasteiger partial charge in [-0.15, -0.1) is 0 Å². The molecule has 0 atom stereocenters. The molecule has 0 aliphatic rings. The molecule has 0 spiro atoms. The van der Waals surface area contributed by atoms with Gasteiger partial charge in [0.15, 0.2) is 0 Å². The maximum Gasteiger partial charge on any atom is 0.244 e. The Morgan fingerprint density at radius 3 is 1.95 bits per heavy atom. The van der Waals surface area contributed by atoms with E-state index in [0.29, 0.717) is 6.54 Å². The van der Waals surface area contributed by atoms with Crippen molar-refractivity contribution >= 4 is 11.8 Å². The van der Waals surface area contributed by atoms with Crippen LogP contribution in [0.1, 0.15) is 55.4 Å². The van der Waals surface area contributed by atoms with Crippen LogP contribution in [0.4, 0.5) is 0 Å². The lowest BCUT2D eigenvalue weighted by atomic mass is 9.76. The van der Waals surface area contributed by atoms with Gasteiger partial charge in [-0.2, -0.15) is 0 Å². The molecular weight excluding hydrogens is 280 g/mol. The minimum absolute atomic E-state index is 0.0492. The van der Waals surface area contributed by atoms with Crippen LogP contribution in [0.3, 0.4) is 0 Å². The number of carbonyl (C=O) groups is 2. The number of nitrogens with one attached hydrogen (secondary N) is 2. The van der Waals surface area contributed by atoms with Crippen LogP contribution in [0, 0.1) is 5.41 Å². The second-order valence-corrected chi connectivity index (χ2v) is 7.28. The van der Waals surface area contributed by atoms with Crippen molar-refractivity contribution < 1.29 is 14.3 Å². The first-order valence-electron chi connectivity index (χ1n) is 7.81. The molecule has 0 aromatic rings. The van der Waals surface area contributed by atoms with E-state index >= 15 is 0 Å². The summed E-state index contributed by atoms with van der Waals surface area (Å²) in [5.41, 5.74) is -0.631. The van der Waals surface area contributed by atoms with Crippen LogP contribution in [0.5, 0.6) is 0 Å². The molecule has 2 amide bonds. The molecule has 0 aromatic carbocycles. The van der Waals surface area contributed by atoms with E-state index in [1.54, 1.807) is 0 Å². The Labute approximate surface area is 134 Å². The minimum atomic E-state index is -0.382. The summed E-state index contributed by atoms with van der Waals surface area (Å²) in [4.78, 5) is 23.3. The Hall–Kier alpha value is -1.36. The van der Waals surface area contributed by atoms with Gasteiger partial charge in [0.25, 0.3) is 0 Å². The molecule has 2 N–H and O–H groups in total. The molecule has 0 bridgehead atoms. The van der Waals surface area contributed by atoms with E-state index in [2.05, 4.69) is 10.6 Å². The summed E-state index contributed by atoms with van der Waals surface area (Å²) in [6, 6.07) is 0.0492. The predicted octanol–water partition coefficient (Wildman–Crippen LogP) is 2.41. The zero-order chi connectivity index (χ0) is 17.6. The van der Waals surface area contributed by atoms with Gasteiger partial charge in [0, 0.05) is 30.2 Å². The third-order valence-electron chi connectivity index (χ3n) is 3.68. The van der Waals surface area contributed by atoms with Crippen molar-refractivity contribution in [2.24, 2.45) is 5.41 Å². The number of carbonyl (C=O) groups excluding carboxylic acids is 2. The second-order valence-electron chi connectivity index (χ2n) is 7.28. The summed E-state index contributed by atoms with van der Waals surface area (Å²) in [6.45, 7) is 16.3. The van der Waals surface area contributed by atoms with E-state index in [1.165, 1.54) is 12.2 Å². The number of rotatable bonds is 8. The van der Waals surface area contributed by atoms with Crippen LogP contribution in [0.25, 0.3) is 0 Å². The third kappa shape index (κ3) is 7.59. The van der Waals surface area contributed by atoms with E-state index in [4.69, 9.17) is 4.74 Å². The van der Waals surface area contributed by atoms with Crippen molar-refractivity contribution in [1.29, 1.82) is 0 Å². The van der Waals surface area contributed by atoms with Crippen molar-refractivity contribution in [3.63, 3.8) is 0 Å². The highest BCUT2D eigenvalue weighted by atomic mass is 16.5. The second kappa shape index (κ2) is 8.32. The fourth-order valence-corrected chi connectivity index (χ4v) is 1.81. The largest absolute Gasteiger partial charge is 0.372 e. The van der Waals surface area contributed by atoms with E-state index in [0.717, 1.165) is 0 Å². The van der Waals surface area contributed by atoms with Crippen LogP contribution in [-0.2, 0) is 14.3 Å². The minimum Gasteiger partial charge on any atom is -0.372 e. The third-order valence-corrected chi connectivity index (χ3v) is 3.68. The van der Waals surface area contributed by atoms with E-state index < -0.39 is 0 Å². The molecule has 0 saturated carbocycles. The maximum atomic E-state index is 11.8. The standard InChI is InChI=1S/C17H32N2O3/c1-12(2)19-15(21)10-9-14(20)18-11-16(5,6)17(7,8)22-13(3)4/h9-10,12-13H,11H2,1-8H3,(H,18,20)(H,19,21)/b10-9+. The van der Waals surface area contributed by atoms with Crippen LogP contribution in [0.15, 0.2) is 12.2 Å². The molecule has 128 valence electrons. The summed E-state index contributed by atoms with van der Waals surface area (Å²) in [5.74, 6) is -0.555. The lowest BCUT2D eigenvalue weighted by Gasteiger charge is -2.42. The van der Waals surface area contributed by atoms with Crippen molar-refractivity contribution in [2.45, 2.75) is 73.1 Å². The molecule has 0 aliphatic carbocycles. The topological polar surface area (TPSA) is 67.4 Å². The van der Waals surface area contributed by atoms with Gasteiger partial charge in [-0.05, 0) is 41.5 Å². The summed E-state index contributed by atoms with van der Waals surface area (Å²) in [6.07, 6.45) is 2.62. The van der Waals surface area contributed by atoms with Crippen molar-refractivity contribution in [1.82, 2.24) is 10.6 Å². The average molecular weight is 312 g/mol. The van der Waals surface area contributed by atoms with E-state index in [1.807, 2.05) is 55.4 Å². The highest BCUT2D eigenvalue weighted by molar-refractivity contribution is 5.96. The fourth-order valence-electron chi connectivity index (χ4n) is 1.81. The van der Waals surface area contributed by atoms with Crippen molar-refractivity contribution in [3.05, 3.63) is 12.2 Å². The SMILES string of the molecule is CC(C)NC(=O)/C=C/C(=O)NCC(C)(C)C(C)(C)OC(C)C. The molecule has 0 unspecified atom stereocenters. The average Bonchev–Trinajstić information content (AvgIpc) is 2.31. The molecule has 0 saturated heterocycles. The Bertz CT molecular complexity index is 410. The molecular formula is C17H32N2O3. The first kappa shape index (κ1) is 20.6. The van der Waals surface area contributed by atoms with Crippen molar-refractivity contribution in [2.75, 3.05) is 6.54 Å². The molecule has 0 rings (SSSR count). The molecule has 0 fully saturated rings. The van der Waals surface area contributed by atoms with Crippen molar-refractivity contribution in [3.8, 4) is 0 Å². The highest BCUT2D eigenvalue weighted by Crippen LogP contribution is 2.34. The Morgan fingerprint density at radius 1 is 1.00 bits per heavy atom. The quantitative estimate of drug-likeness (QED) is 0.676. The maximum absolute atomic E-state index is 11.8.